The van der Waals surface area contributed by atoms with Crippen LogP contribution in [0.5, 0.6) is 0 Å². The highest BCUT2D eigenvalue weighted by Crippen LogP contribution is 2.27. The summed E-state index contributed by atoms with van der Waals surface area (Å²) in [5.74, 6) is -0.177. The van der Waals surface area contributed by atoms with Gasteiger partial charge in [0.25, 0.3) is 0 Å². The summed E-state index contributed by atoms with van der Waals surface area (Å²) in [5.41, 5.74) is -0.619. The van der Waals surface area contributed by atoms with Gasteiger partial charge in [-0.05, 0) is 26.8 Å². The van der Waals surface area contributed by atoms with Crippen molar-refractivity contribution in [3.8, 4) is 0 Å². The maximum Gasteiger partial charge on any atom is 0.329 e. The molecule has 1 aliphatic rings. The molecule has 2 unspecified atom stereocenters. The third-order valence-corrected chi connectivity index (χ3v) is 2.89. The molecule has 0 aromatic rings. The van der Waals surface area contributed by atoms with Gasteiger partial charge in [0.05, 0.1) is 12.7 Å². The zero-order valence-electron chi connectivity index (χ0n) is 9.84. The summed E-state index contributed by atoms with van der Waals surface area (Å²) in [6.45, 7) is 7.68. The molecule has 0 radical (unpaired) electrons. The lowest BCUT2D eigenvalue weighted by atomic mass is 9.92. The summed E-state index contributed by atoms with van der Waals surface area (Å²) < 4.78 is 10.6. The Hall–Kier alpha value is -0.610. The smallest absolute Gasteiger partial charge is 0.329 e. The minimum atomic E-state index is -0.619. The third-order valence-electron chi connectivity index (χ3n) is 2.89. The van der Waals surface area contributed by atoms with Crippen molar-refractivity contribution in [3.05, 3.63) is 0 Å². The lowest BCUT2D eigenvalue weighted by Crippen LogP contribution is -2.57. The Balaban J connectivity index is 2.71. The van der Waals surface area contributed by atoms with Crippen molar-refractivity contribution in [2.45, 2.75) is 45.3 Å². The zero-order chi connectivity index (χ0) is 11.3. The van der Waals surface area contributed by atoms with E-state index in [0.29, 0.717) is 19.6 Å². The van der Waals surface area contributed by atoms with E-state index in [0.717, 1.165) is 13.0 Å². The van der Waals surface area contributed by atoms with Crippen LogP contribution in [0.25, 0.3) is 0 Å². The second kappa shape index (κ2) is 5.47. The molecular weight excluding hydrogens is 194 g/mol. The molecule has 1 fully saturated rings. The average molecular weight is 215 g/mol. The van der Waals surface area contributed by atoms with Gasteiger partial charge in [-0.15, -0.1) is 0 Å². The third kappa shape index (κ3) is 2.49. The highest BCUT2D eigenvalue weighted by Gasteiger charge is 2.48. The molecule has 88 valence electrons. The van der Waals surface area contributed by atoms with Gasteiger partial charge in [0.1, 0.15) is 5.54 Å². The number of rotatable bonds is 5. The largest absolute Gasteiger partial charge is 0.465 e. The number of hydrogen-bond acceptors (Lipinski definition) is 4. The van der Waals surface area contributed by atoms with Gasteiger partial charge < -0.3 is 9.47 Å². The van der Waals surface area contributed by atoms with Crippen LogP contribution in [0.15, 0.2) is 0 Å². The van der Waals surface area contributed by atoms with Crippen LogP contribution in [-0.4, -0.2) is 37.4 Å². The number of carbonyl (C=O) groups is 1. The number of esters is 1. The maximum absolute atomic E-state index is 11.9. The molecule has 15 heavy (non-hydrogen) atoms. The van der Waals surface area contributed by atoms with Crippen LogP contribution in [0.2, 0.25) is 0 Å². The van der Waals surface area contributed by atoms with Gasteiger partial charge >= 0.3 is 5.97 Å². The fourth-order valence-corrected chi connectivity index (χ4v) is 1.92. The maximum atomic E-state index is 11.9. The molecule has 1 N–H and O–H groups in total. The van der Waals surface area contributed by atoms with Gasteiger partial charge in [-0.3, -0.25) is 5.32 Å². The standard InChI is InChI=1S/C11H21NO3/c1-4-7-12-11(10(13)14-5-2)6-8-15-9(11)3/h9,12H,4-8H2,1-3H3. The van der Waals surface area contributed by atoms with E-state index < -0.39 is 5.54 Å². The average Bonchev–Trinajstić information content (AvgIpc) is 2.58. The second-order valence-electron chi connectivity index (χ2n) is 3.88. The zero-order valence-corrected chi connectivity index (χ0v) is 9.84. The van der Waals surface area contributed by atoms with Gasteiger partial charge in [-0.1, -0.05) is 6.92 Å². The van der Waals surface area contributed by atoms with E-state index in [2.05, 4.69) is 12.2 Å². The van der Waals surface area contributed by atoms with Crippen molar-refractivity contribution >= 4 is 5.97 Å². The van der Waals surface area contributed by atoms with Gasteiger partial charge in [0.2, 0.25) is 0 Å². The molecule has 2 atom stereocenters. The summed E-state index contributed by atoms with van der Waals surface area (Å²) in [7, 11) is 0. The van der Waals surface area contributed by atoms with Gasteiger partial charge in [0.15, 0.2) is 0 Å². The molecular formula is C11H21NO3. The Bertz CT molecular complexity index is 220. The molecule has 1 rings (SSSR count). The highest BCUT2D eigenvalue weighted by atomic mass is 16.5. The first kappa shape index (κ1) is 12.5. The Kier molecular flexibility index (Phi) is 4.54. The number of carbonyl (C=O) groups excluding carboxylic acids is 1. The highest BCUT2D eigenvalue weighted by molar-refractivity contribution is 5.82. The summed E-state index contributed by atoms with van der Waals surface area (Å²) >= 11 is 0. The Morgan fingerprint density at radius 1 is 1.60 bits per heavy atom. The van der Waals surface area contributed by atoms with Crippen LogP contribution in [0.3, 0.4) is 0 Å². The number of ether oxygens (including phenoxy) is 2. The molecule has 0 amide bonds. The summed E-state index contributed by atoms with van der Waals surface area (Å²) in [6, 6.07) is 0. The molecule has 4 nitrogen and oxygen atoms in total. The van der Waals surface area contributed by atoms with Crippen molar-refractivity contribution in [3.63, 3.8) is 0 Å². The normalized spacial score (nSPS) is 30.5. The summed E-state index contributed by atoms with van der Waals surface area (Å²) in [6.07, 6.45) is 1.59. The first-order chi connectivity index (χ1) is 7.17. The van der Waals surface area contributed by atoms with Crippen LogP contribution in [0.1, 0.15) is 33.6 Å². The Morgan fingerprint density at radius 2 is 2.33 bits per heavy atom. The molecule has 1 saturated heterocycles. The molecule has 0 aliphatic carbocycles. The van der Waals surface area contributed by atoms with Gasteiger partial charge in [0, 0.05) is 13.0 Å². The van der Waals surface area contributed by atoms with E-state index in [4.69, 9.17) is 9.47 Å². The van der Waals surface area contributed by atoms with Crippen molar-refractivity contribution < 1.29 is 14.3 Å². The van der Waals surface area contributed by atoms with Crippen LogP contribution in [0.4, 0.5) is 0 Å². The van der Waals surface area contributed by atoms with Crippen molar-refractivity contribution in [1.29, 1.82) is 0 Å². The molecule has 0 aromatic carbocycles. The Morgan fingerprint density at radius 3 is 2.80 bits per heavy atom. The van der Waals surface area contributed by atoms with Gasteiger partial charge in [-0.2, -0.15) is 0 Å². The first-order valence-corrected chi connectivity index (χ1v) is 5.71. The van der Waals surface area contributed by atoms with Crippen molar-refractivity contribution in [2.75, 3.05) is 19.8 Å². The first-order valence-electron chi connectivity index (χ1n) is 5.71. The van der Waals surface area contributed by atoms with E-state index in [1.807, 2.05) is 13.8 Å². The molecule has 0 aromatic heterocycles. The van der Waals surface area contributed by atoms with Crippen LogP contribution in [-0.2, 0) is 14.3 Å². The van der Waals surface area contributed by atoms with E-state index in [1.165, 1.54) is 0 Å². The minimum absolute atomic E-state index is 0.108. The lowest BCUT2D eigenvalue weighted by molar-refractivity contribution is -0.153. The number of hydrogen-bond donors (Lipinski definition) is 1. The summed E-state index contributed by atoms with van der Waals surface area (Å²) in [4.78, 5) is 11.9. The lowest BCUT2D eigenvalue weighted by Gasteiger charge is -2.30. The fourth-order valence-electron chi connectivity index (χ4n) is 1.92. The van der Waals surface area contributed by atoms with Crippen molar-refractivity contribution in [1.82, 2.24) is 5.32 Å². The van der Waals surface area contributed by atoms with Crippen LogP contribution in [0, 0.1) is 0 Å². The molecule has 0 spiro atoms. The molecule has 0 bridgehead atoms. The van der Waals surface area contributed by atoms with E-state index in [9.17, 15) is 4.79 Å². The molecule has 4 heteroatoms. The van der Waals surface area contributed by atoms with Gasteiger partial charge in [-0.25, -0.2) is 4.79 Å². The van der Waals surface area contributed by atoms with Crippen molar-refractivity contribution in [2.24, 2.45) is 0 Å². The second-order valence-corrected chi connectivity index (χ2v) is 3.88. The molecule has 1 heterocycles. The number of nitrogens with one attached hydrogen (secondary N) is 1. The SMILES string of the molecule is CCCNC1(C(=O)OCC)CCOC1C. The Labute approximate surface area is 91.3 Å². The van der Waals surface area contributed by atoms with Crippen LogP contribution < -0.4 is 5.32 Å². The van der Waals surface area contributed by atoms with Crippen LogP contribution >= 0.6 is 0 Å². The predicted octanol–water partition coefficient (Wildman–Crippen LogP) is 1.10. The minimum Gasteiger partial charge on any atom is -0.465 e. The monoisotopic (exact) mass is 215 g/mol. The van der Waals surface area contributed by atoms with E-state index in [-0.39, 0.29) is 12.1 Å². The quantitative estimate of drug-likeness (QED) is 0.698. The van der Waals surface area contributed by atoms with E-state index >= 15 is 0 Å². The topological polar surface area (TPSA) is 47.6 Å². The predicted molar refractivity (Wildman–Crippen MR) is 57.7 cm³/mol. The fraction of sp³-hybridized carbons (Fsp3) is 0.909. The molecule has 1 aliphatic heterocycles. The van der Waals surface area contributed by atoms with E-state index in [1.54, 1.807) is 0 Å². The summed E-state index contributed by atoms with van der Waals surface area (Å²) in [5, 5.41) is 3.28. The molecule has 0 saturated carbocycles.